The van der Waals surface area contributed by atoms with Gasteiger partial charge in [0.05, 0.1) is 0 Å². The van der Waals surface area contributed by atoms with Crippen molar-refractivity contribution in [3.63, 3.8) is 0 Å². The Morgan fingerprint density at radius 1 is 1.63 bits per heavy atom. The van der Waals surface area contributed by atoms with Gasteiger partial charge in [0.15, 0.2) is 0 Å². The van der Waals surface area contributed by atoms with E-state index in [1.807, 2.05) is 13.0 Å². The standard InChI is InChI=1S/C13H15FN2O2S/c1-8(5-9-3-2-4-10(14)6-9)15-12(17)11-7-19-13(18)16-11/h2-4,6,8,11H,5,7H2,1H3,(H,15,17)(H,16,18)/t8-,11+/m1/s1. The smallest absolute Gasteiger partial charge is 0.279 e. The number of halogens is 1. The van der Waals surface area contributed by atoms with Crippen molar-refractivity contribution in [3.05, 3.63) is 35.6 Å². The minimum absolute atomic E-state index is 0.114. The number of carbonyl (C=O) groups excluding carboxylic acids is 2. The van der Waals surface area contributed by atoms with Crippen molar-refractivity contribution >= 4 is 22.9 Å². The van der Waals surface area contributed by atoms with Crippen LogP contribution in [-0.2, 0) is 11.2 Å². The second kappa shape index (κ2) is 6.06. The van der Waals surface area contributed by atoms with Crippen LogP contribution >= 0.6 is 11.8 Å². The molecular formula is C13H15FN2O2S. The van der Waals surface area contributed by atoms with E-state index in [1.54, 1.807) is 6.07 Å². The molecule has 0 saturated carbocycles. The Bertz CT molecular complexity index is 495. The van der Waals surface area contributed by atoms with Crippen LogP contribution in [0.5, 0.6) is 0 Å². The molecule has 19 heavy (non-hydrogen) atoms. The van der Waals surface area contributed by atoms with Gasteiger partial charge in [0, 0.05) is 11.8 Å². The molecule has 0 aromatic heterocycles. The van der Waals surface area contributed by atoms with E-state index in [-0.39, 0.29) is 23.0 Å². The molecule has 2 amide bonds. The lowest BCUT2D eigenvalue weighted by molar-refractivity contribution is -0.122. The van der Waals surface area contributed by atoms with Crippen LogP contribution in [0.15, 0.2) is 24.3 Å². The molecule has 4 nitrogen and oxygen atoms in total. The van der Waals surface area contributed by atoms with Gasteiger partial charge in [0.1, 0.15) is 11.9 Å². The monoisotopic (exact) mass is 282 g/mol. The van der Waals surface area contributed by atoms with Crippen molar-refractivity contribution in [3.8, 4) is 0 Å². The molecular weight excluding hydrogens is 267 g/mol. The van der Waals surface area contributed by atoms with Gasteiger partial charge in [-0.05, 0) is 31.0 Å². The third-order valence-corrected chi connectivity index (χ3v) is 3.69. The summed E-state index contributed by atoms with van der Waals surface area (Å²) in [5.74, 6) is -0.0186. The summed E-state index contributed by atoms with van der Waals surface area (Å²) in [6.45, 7) is 1.85. The van der Waals surface area contributed by atoms with Gasteiger partial charge in [-0.3, -0.25) is 9.59 Å². The van der Waals surface area contributed by atoms with Crippen LogP contribution in [0.1, 0.15) is 12.5 Å². The number of thioether (sulfide) groups is 1. The minimum Gasteiger partial charge on any atom is -0.352 e. The maximum Gasteiger partial charge on any atom is 0.279 e. The highest BCUT2D eigenvalue weighted by Gasteiger charge is 2.28. The topological polar surface area (TPSA) is 58.2 Å². The maximum absolute atomic E-state index is 13.0. The van der Waals surface area contributed by atoms with Crippen LogP contribution in [0.25, 0.3) is 0 Å². The number of hydrogen-bond donors (Lipinski definition) is 2. The number of nitrogens with one attached hydrogen (secondary N) is 2. The molecule has 1 aromatic carbocycles. The summed E-state index contributed by atoms with van der Waals surface area (Å²) in [5.41, 5.74) is 0.831. The van der Waals surface area contributed by atoms with Gasteiger partial charge in [-0.15, -0.1) is 0 Å². The van der Waals surface area contributed by atoms with E-state index in [9.17, 15) is 14.0 Å². The fraction of sp³-hybridized carbons (Fsp3) is 0.385. The van der Waals surface area contributed by atoms with E-state index in [2.05, 4.69) is 10.6 Å². The fourth-order valence-electron chi connectivity index (χ4n) is 1.94. The van der Waals surface area contributed by atoms with Crippen LogP contribution < -0.4 is 10.6 Å². The molecule has 1 aliphatic rings. The Balaban J connectivity index is 1.85. The van der Waals surface area contributed by atoms with Gasteiger partial charge >= 0.3 is 0 Å². The van der Waals surface area contributed by atoms with Gasteiger partial charge < -0.3 is 10.6 Å². The second-order valence-electron chi connectivity index (χ2n) is 4.54. The van der Waals surface area contributed by atoms with Gasteiger partial charge in [0.25, 0.3) is 5.24 Å². The van der Waals surface area contributed by atoms with Crippen molar-refractivity contribution in [1.82, 2.24) is 10.6 Å². The molecule has 1 heterocycles. The Kier molecular flexibility index (Phi) is 4.42. The molecule has 2 N–H and O–H groups in total. The van der Waals surface area contributed by atoms with Crippen LogP contribution in [0, 0.1) is 5.82 Å². The van der Waals surface area contributed by atoms with Crippen LogP contribution in [0.2, 0.25) is 0 Å². The predicted molar refractivity (Wildman–Crippen MR) is 72.5 cm³/mol. The van der Waals surface area contributed by atoms with E-state index in [0.717, 1.165) is 17.3 Å². The molecule has 102 valence electrons. The summed E-state index contributed by atoms with van der Waals surface area (Å²) in [4.78, 5) is 22.8. The quantitative estimate of drug-likeness (QED) is 0.883. The molecule has 1 aliphatic heterocycles. The number of rotatable bonds is 4. The molecule has 0 unspecified atom stereocenters. The summed E-state index contributed by atoms with van der Waals surface area (Å²) in [6.07, 6.45) is 0.553. The Labute approximate surface area is 115 Å². The number of benzene rings is 1. The zero-order valence-electron chi connectivity index (χ0n) is 10.5. The molecule has 0 radical (unpaired) electrons. The first-order chi connectivity index (χ1) is 9.04. The molecule has 1 aromatic rings. The van der Waals surface area contributed by atoms with Crippen LogP contribution in [0.4, 0.5) is 9.18 Å². The highest BCUT2D eigenvalue weighted by Crippen LogP contribution is 2.13. The highest BCUT2D eigenvalue weighted by molar-refractivity contribution is 8.14. The Hall–Kier alpha value is -1.56. The van der Waals surface area contributed by atoms with E-state index in [4.69, 9.17) is 0 Å². The van der Waals surface area contributed by atoms with Crippen LogP contribution in [0.3, 0.4) is 0 Å². The summed E-state index contributed by atoms with van der Waals surface area (Å²) in [6, 6.07) is 5.73. The molecule has 0 bridgehead atoms. The summed E-state index contributed by atoms with van der Waals surface area (Å²) in [7, 11) is 0. The molecule has 2 atom stereocenters. The SMILES string of the molecule is C[C@H](Cc1cccc(F)c1)NC(=O)[C@@H]1CSC(=O)N1. The molecule has 1 saturated heterocycles. The van der Waals surface area contributed by atoms with Crippen molar-refractivity contribution in [1.29, 1.82) is 0 Å². The third kappa shape index (κ3) is 3.96. The molecule has 0 aliphatic carbocycles. The van der Waals surface area contributed by atoms with Gasteiger partial charge in [0.2, 0.25) is 5.91 Å². The zero-order chi connectivity index (χ0) is 13.8. The van der Waals surface area contributed by atoms with Gasteiger partial charge in [-0.2, -0.15) is 0 Å². The largest absolute Gasteiger partial charge is 0.352 e. The fourth-order valence-corrected chi connectivity index (χ4v) is 2.72. The zero-order valence-corrected chi connectivity index (χ0v) is 11.3. The van der Waals surface area contributed by atoms with Gasteiger partial charge in [-0.25, -0.2) is 4.39 Å². The first-order valence-corrected chi connectivity index (χ1v) is 7.01. The summed E-state index contributed by atoms with van der Waals surface area (Å²) >= 11 is 1.11. The van der Waals surface area contributed by atoms with Gasteiger partial charge in [-0.1, -0.05) is 23.9 Å². The molecule has 1 fully saturated rings. The number of amides is 2. The average Bonchev–Trinajstić information content (AvgIpc) is 2.75. The maximum atomic E-state index is 13.0. The molecule has 2 rings (SSSR count). The first kappa shape index (κ1) is 13.9. The van der Waals surface area contributed by atoms with Crippen molar-refractivity contribution in [2.45, 2.75) is 25.4 Å². The lowest BCUT2D eigenvalue weighted by atomic mass is 10.1. The van der Waals surface area contributed by atoms with Crippen molar-refractivity contribution in [2.24, 2.45) is 0 Å². The van der Waals surface area contributed by atoms with E-state index in [0.29, 0.717) is 12.2 Å². The second-order valence-corrected chi connectivity index (χ2v) is 5.53. The van der Waals surface area contributed by atoms with E-state index in [1.165, 1.54) is 12.1 Å². The Morgan fingerprint density at radius 2 is 2.42 bits per heavy atom. The first-order valence-electron chi connectivity index (χ1n) is 6.02. The average molecular weight is 282 g/mol. The lowest BCUT2D eigenvalue weighted by Gasteiger charge is -2.16. The van der Waals surface area contributed by atoms with E-state index >= 15 is 0 Å². The number of carbonyl (C=O) groups is 2. The predicted octanol–water partition coefficient (Wildman–Crippen LogP) is 1.70. The van der Waals surface area contributed by atoms with E-state index < -0.39 is 6.04 Å². The van der Waals surface area contributed by atoms with Crippen molar-refractivity contribution in [2.75, 3.05) is 5.75 Å². The highest BCUT2D eigenvalue weighted by atomic mass is 32.2. The summed E-state index contributed by atoms with van der Waals surface area (Å²) in [5, 5.41) is 5.24. The van der Waals surface area contributed by atoms with Crippen molar-refractivity contribution < 1.29 is 14.0 Å². The molecule has 0 spiro atoms. The minimum atomic E-state index is -0.465. The van der Waals surface area contributed by atoms with Crippen LogP contribution in [-0.4, -0.2) is 29.0 Å². The Morgan fingerprint density at radius 3 is 3.05 bits per heavy atom. The lowest BCUT2D eigenvalue weighted by Crippen LogP contribution is -2.46. The molecule has 6 heteroatoms. The number of hydrogen-bond acceptors (Lipinski definition) is 3. The normalized spacial score (nSPS) is 19.9. The summed E-state index contributed by atoms with van der Waals surface area (Å²) < 4.78 is 13.0. The third-order valence-electron chi connectivity index (χ3n) is 2.81.